The molecule has 3 atom stereocenters. The maximum Gasteiger partial charge on any atom is 0.237 e. The quantitative estimate of drug-likeness (QED) is 0.369. The maximum atomic E-state index is 13.6. The van der Waals surface area contributed by atoms with E-state index in [1.54, 1.807) is 13.0 Å². The average molecular weight is 468 g/mol. The molecule has 0 unspecified atom stereocenters. The van der Waals surface area contributed by atoms with Gasteiger partial charge in [0.15, 0.2) is 5.82 Å². The molecule has 2 heterocycles. The summed E-state index contributed by atoms with van der Waals surface area (Å²) in [6.07, 6.45) is 4.07. The number of allylic oxidation sites excluding steroid dienone is 3. The van der Waals surface area contributed by atoms with Gasteiger partial charge >= 0.3 is 0 Å². The van der Waals surface area contributed by atoms with Crippen molar-refractivity contribution >= 4 is 11.6 Å². The van der Waals surface area contributed by atoms with E-state index in [-0.39, 0.29) is 17.9 Å². The van der Waals surface area contributed by atoms with Crippen molar-refractivity contribution < 1.29 is 18.8 Å². The van der Waals surface area contributed by atoms with Crippen LogP contribution in [0.4, 0.5) is 4.39 Å². The fourth-order valence-electron chi connectivity index (χ4n) is 4.36. The predicted octanol–water partition coefficient (Wildman–Crippen LogP) is 5.84. The van der Waals surface area contributed by atoms with E-state index in [0.717, 1.165) is 11.1 Å². The minimum Gasteiger partial charge on any atom is -0.508 e. The van der Waals surface area contributed by atoms with Gasteiger partial charge in [-0.1, -0.05) is 48.7 Å². The van der Waals surface area contributed by atoms with Crippen molar-refractivity contribution in [2.45, 2.75) is 57.8 Å². The lowest BCUT2D eigenvalue weighted by Crippen LogP contribution is -2.35. The van der Waals surface area contributed by atoms with Gasteiger partial charge in [-0.3, -0.25) is 4.90 Å². The molecule has 1 aromatic heterocycles. The minimum atomic E-state index is -0.848. The summed E-state index contributed by atoms with van der Waals surface area (Å²) >= 11 is 0. The average Bonchev–Trinajstić information content (AvgIpc) is 3.40. The van der Waals surface area contributed by atoms with Crippen LogP contribution >= 0.6 is 0 Å². The minimum absolute atomic E-state index is 0.0353. The Hall–Kier alpha value is -3.19. The van der Waals surface area contributed by atoms with E-state index in [4.69, 9.17) is 9.26 Å². The summed E-state index contributed by atoms with van der Waals surface area (Å²) in [6.45, 7) is 15.8. The van der Waals surface area contributed by atoms with E-state index in [1.807, 2.05) is 57.0 Å². The molecular weight excluding hydrogens is 433 g/mol. The summed E-state index contributed by atoms with van der Waals surface area (Å²) in [4.78, 5) is 6.51. The van der Waals surface area contributed by atoms with Crippen molar-refractivity contribution in [3.8, 4) is 0 Å². The van der Waals surface area contributed by atoms with Crippen LogP contribution in [0.1, 0.15) is 57.0 Å². The molecule has 1 aromatic carbocycles. The molecule has 0 radical (unpaired) electrons. The fraction of sp³-hybridized carbons (Fsp3) is 0.407. The predicted molar refractivity (Wildman–Crippen MR) is 133 cm³/mol. The molecule has 34 heavy (non-hydrogen) atoms. The standard InChI is InChI=1S/C27H34FN3O3/c1-8-20-11-9-10-12-23(20)27(5,6)26-29-25(30-34-26)17(2)13-22(32)14-18(3)33-19(4)24-15-21(28)16-31(24)7/h8-14,19,21,24,32H,1,3,15-16H2,2,4-7H3/b17-13+,22-14+/t19-,21+,24-/m0/s1. The molecular formula is C27H34FN3O3. The van der Waals surface area contributed by atoms with E-state index in [0.29, 0.717) is 36.0 Å². The lowest BCUT2D eigenvalue weighted by atomic mass is 9.81. The Morgan fingerprint density at radius 3 is 2.71 bits per heavy atom. The second-order valence-corrected chi connectivity index (χ2v) is 9.37. The molecule has 1 aliphatic heterocycles. The Bertz CT molecular complexity index is 1100. The molecule has 1 saturated heterocycles. The molecule has 3 rings (SSSR count). The lowest BCUT2D eigenvalue weighted by Gasteiger charge is -2.26. The summed E-state index contributed by atoms with van der Waals surface area (Å²) in [7, 11) is 1.88. The number of halogens is 1. The molecule has 1 N–H and O–H groups in total. The highest BCUT2D eigenvalue weighted by Gasteiger charge is 2.34. The fourth-order valence-corrected chi connectivity index (χ4v) is 4.36. The molecule has 2 aromatic rings. The number of likely N-dealkylation sites (N-methyl/N-ethyl adjacent to an activating group) is 1. The number of hydrogen-bond donors (Lipinski definition) is 1. The number of rotatable bonds is 9. The van der Waals surface area contributed by atoms with Crippen LogP contribution in [-0.4, -0.2) is 52.1 Å². The number of aliphatic hydroxyl groups excluding tert-OH is 1. The monoisotopic (exact) mass is 467 g/mol. The van der Waals surface area contributed by atoms with Gasteiger partial charge in [-0.2, -0.15) is 4.98 Å². The van der Waals surface area contributed by atoms with Crippen molar-refractivity contribution in [1.29, 1.82) is 0 Å². The van der Waals surface area contributed by atoms with Crippen LogP contribution in [0.3, 0.4) is 0 Å². The Morgan fingerprint density at radius 2 is 2.06 bits per heavy atom. The highest BCUT2D eigenvalue weighted by Crippen LogP contribution is 2.33. The van der Waals surface area contributed by atoms with E-state index in [1.165, 1.54) is 12.2 Å². The van der Waals surface area contributed by atoms with Crippen molar-refractivity contribution in [3.05, 3.63) is 83.9 Å². The first-order chi connectivity index (χ1) is 16.0. The van der Waals surface area contributed by atoms with Crippen LogP contribution in [-0.2, 0) is 10.2 Å². The normalized spacial score (nSPS) is 20.9. The molecule has 0 aliphatic carbocycles. The lowest BCUT2D eigenvalue weighted by molar-refractivity contribution is 0.0694. The SMILES string of the molecule is C=Cc1ccccc1C(C)(C)c1nc(/C(C)=C/C(O)=C\C(=C)O[C@@H](C)[C@@H]2C[C@@H](F)CN2C)no1. The zero-order valence-electron chi connectivity index (χ0n) is 20.6. The van der Waals surface area contributed by atoms with Crippen LogP contribution in [0.5, 0.6) is 0 Å². The van der Waals surface area contributed by atoms with Crippen molar-refractivity contribution in [1.82, 2.24) is 15.0 Å². The summed E-state index contributed by atoms with van der Waals surface area (Å²) < 4.78 is 25.0. The molecule has 0 saturated carbocycles. The van der Waals surface area contributed by atoms with Gasteiger partial charge < -0.3 is 14.4 Å². The van der Waals surface area contributed by atoms with Gasteiger partial charge in [-0.25, -0.2) is 4.39 Å². The van der Waals surface area contributed by atoms with Gasteiger partial charge in [-0.15, -0.1) is 0 Å². The molecule has 1 fully saturated rings. The largest absolute Gasteiger partial charge is 0.508 e. The number of nitrogens with zero attached hydrogens (tertiary/aromatic N) is 3. The van der Waals surface area contributed by atoms with Crippen molar-refractivity contribution in [2.24, 2.45) is 0 Å². The second kappa shape index (κ2) is 10.4. The summed E-state index contributed by atoms with van der Waals surface area (Å²) in [6, 6.07) is 7.89. The summed E-state index contributed by atoms with van der Waals surface area (Å²) in [5.74, 6) is 1.07. The van der Waals surface area contributed by atoms with Gasteiger partial charge in [0, 0.05) is 24.2 Å². The van der Waals surface area contributed by atoms with E-state index < -0.39 is 11.6 Å². The molecule has 0 bridgehead atoms. The smallest absolute Gasteiger partial charge is 0.237 e. The Morgan fingerprint density at radius 1 is 1.35 bits per heavy atom. The Balaban J connectivity index is 1.71. The van der Waals surface area contributed by atoms with Crippen LogP contribution in [0.25, 0.3) is 11.6 Å². The van der Waals surface area contributed by atoms with Crippen LogP contribution in [0, 0.1) is 0 Å². The zero-order chi connectivity index (χ0) is 25.0. The molecule has 7 heteroatoms. The highest BCUT2D eigenvalue weighted by atomic mass is 19.1. The van der Waals surface area contributed by atoms with E-state index in [2.05, 4.69) is 23.3 Å². The molecule has 182 valence electrons. The zero-order valence-corrected chi connectivity index (χ0v) is 20.6. The molecule has 1 aliphatic rings. The molecule has 0 spiro atoms. The number of aliphatic hydroxyl groups is 1. The third-order valence-electron chi connectivity index (χ3n) is 6.27. The maximum absolute atomic E-state index is 13.6. The Kier molecular flexibility index (Phi) is 7.77. The number of aromatic nitrogens is 2. The van der Waals surface area contributed by atoms with Crippen molar-refractivity contribution in [2.75, 3.05) is 13.6 Å². The second-order valence-electron chi connectivity index (χ2n) is 9.37. The third kappa shape index (κ3) is 5.65. The molecule has 6 nitrogen and oxygen atoms in total. The number of ether oxygens (including phenoxy) is 1. The van der Waals surface area contributed by atoms with Gasteiger partial charge in [0.2, 0.25) is 5.89 Å². The number of likely N-dealkylation sites (tertiary alicyclic amines) is 1. The Labute approximate surface area is 201 Å². The number of benzene rings is 1. The van der Waals surface area contributed by atoms with E-state index in [9.17, 15) is 9.50 Å². The van der Waals surface area contributed by atoms with Crippen molar-refractivity contribution in [3.63, 3.8) is 0 Å². The molecule has 0 amide bonds. The van der Waals surface area contributed by atoms with Crippen LogP contribution < -0.4 is 0 Å². The van der Waals surface area contributed by atoms with Crippen LogP contribution in [0.2, 0.25) is 0 Å². The number of alkyl halides is 1. The summed E-state index contributed by atoms with van der Waals surface area (Å²) in [5.41, 5.74) is 2.12. The van der Waals surface area contributed by atoms with Gasteiger partial charge in [0.1, 0.15) is 23.8 Å². The topological polar surface area (TPSA) is 71.6 Å². The van der Waals surface area contributed by atoms with Gasteiger partial charge in [0.25, 0.3) is 0 Å². The number of hydrogen-bond acceptors (Lipinski definition) is 6. The third-order valence-corrected chi connectivity index (χ3v) is 6.27. The van der Waals surface area contributed by atoms with Gasteiger partial charge in [-0.05, 0) is 58.4 Å². The first-order valence-electron chi connectivity index (χ1n) is 11.4. The van der Waals surface area contributed by atoms with E-state index >= 15 is 0 Å². The first kappa shape index (κ1) is 25.4. The first-order valence-corrected chi connectivity index (χ1v) is 11.4. The summed E-state index contributed by atoms with van der Waals surface area (Å²) in [5, 5.41) is 14.5. The van der Waals surface area contributed by atoms with Crippen LogP contribution in [0.15, 0.2) is 65.6 Å². The highest BCUT2D eigenvalue weighted by molar-refractivity contribution is 5.60. The van der Waals surface area contributed by atoms with Gasteiger partial charge in [0.05, 0.1) is 5.41 Å².